The topological polar surface area (TPSA) is 79.4 Å². The van der Waals surface area contributed by atoms with E-state index in [2.05, 4.69) is 33.0 Å². The molecule has 0 saturated carbocycles. The summed E-state index contributed by atoms with van der Waals surface area (Å²) in [6, 6.07) is 6.12. The van der Waals surface area contributed by atoms with Gasteiger partial charge in [-0.05, 0) is 13.0 Å². The van der Waals surface area contributed by atoms with Gasteiger partial charge in [-0.25, -0.2) is 9.97 Å². The standard InChI is InChI=1S/C21H26N6O2/c1-15-19(14-26-5-9-28-10-6-26)23-20(24-21(15)27-7-11-29-12-8-27)16-3-2-4-18-17(16)13-22-25-18/h2-4,13H,5-12,14H2,1H3,(H,22,25). The van der Waals surface area contributed by atoms with E-state index in [-0.39, 0.29) is 0 Å². The SMILES string of the molecule is Cc1c(CN2CCOCC2)nc(-c2cccc3[nH]ncc23)nc1N1CCOCC1. The molecule has 152 valence electrons. The second-order valence-corrected chi connectivity index (χ2v) is 7.57. The Kier molecular flexibility index (Phi) is 5.13. The number of hydrogen-bond acceptors (Lipinski definition) is 7. The zero-order chi connectivity index (χ0) is 19.6. The van der Waals surface area contributed by atoms with Gasteiger partial charge in [0, 0.05) is 49.2 Å². The maximum Gasteiger partial charge on any atom is 0.162 e. The summed E-state index contributed by atoms with van der Waals surface area (Å²) >= 11 is 0. The van der Waals surface area contributed by atoms with Crippen molar-refractivity contribution in [3.63, 3.8) is 0 Å². The molecule has 0 aliphatic carbocycles. The van der Waals surface area contributed by atoms with E-state index in [4.69, 9.17) is 19.4 Å². The number of hydrogen-bond donors (Lipinski definition) is 1. The molecule has 2 aromatic heterocycles. The van der Waals surface area contributed by atoms with Gasteiger partial charge < -0.3 is 14.4 Å². The Hall–Kier alpha value is -2.55. The Morgan fingerprint density at radius 2 is 1.76 bits per heavy atom. The zero-order valence-electron chi connectivity index (χ0n) is 16.7. The Balaban J connectivity index is 1.59. The second kappa shape index (κ2) is 8.06. The summed E-state index contributed by atoms with van der Waals surface area (Å²) in [4.78, 5) is 14.8. The number of ether oxygens (including phenoxy) is 2. The highest BCUT2D eigenvalue weighted by Crippen LogP contribution is 2.30. The predicted molar refractivity (Wildman–Crippen MR) is 111 cm³/mol. The van der Waals surface area contributed by atoms with E-state index >= 15 is 0 Å². The number of anilines is 1. The van der Waals surface area contributed by atoms with Crippen molar-refractivity contribution in [1.29, 1.82) is 0 Å². The number of aromatic nitrogens is 4. The molecular weight excluding hydrogens is 368 g/mol. The van der Waals surface area contributed by atoms with Crippen LogP contribution in [0.2, 0.25) is 0 Å². The molecule has 0 amide bonds. The van der Waals surface area contributed by atoms with Crippen LogP contribution in [0.3, 0.4) is 0 Å². The monoisotopic (exact) mass is 394 g/mol. The largest absolute Gasteiger partial charge is 0.379 e. The van der Waals surface area contributed by atoms with Gasteiger partial charge in [-0.15, -0.1) is 0 Å². The van der Waals surface area contributed by atoms with Crippen molar-refractivity contribution in [2.75, 3.05) is 57.5 Å². The highest BCUT2D eigenvalue weighted by molar-refractivity contribution is 5.92. The predicted octanol–water partition coefficient (Wildman–Crippen LogP) is 2.00. The molecule has 0 bridgehead atoms. The molecule has 2 fully saturated rings. The number of nitrogens with one attached hydrogen (secondary N) is 1. The van der Waals surface area contributed by atoms with Crippen LogP contribution in [0.1, 0.15) is 11.3 Å². The fraction of sp³-hybridized carbons (Fsp3) is 0.476. The van der Waals surface area contributed by atoms with Crippen LogP contribution in [-0.2, 0) is 16.0 Å². The molecule has 1 aromatic carbocycles. The summed E-state index contributed by atoms with van der Waals surface area (Å²) in [6.45, 7) is 9.54. The van der Waals surface area contributed by atoms with Gasteiger partial charge in [-0.1, -0.05) is 12.1 Å². The lowest BCUT2D eigenvalue weighted by molar-refractivity contribution is 0.0335. The summed E-state index contributed by atoms with van der Waals surface area (Å²) in [6.07, 6.45) is 1.85. The molecule has 29 heavy (non-hydrogen) atoms. The van der Waals surface area contributed by atoms with Crippen molar-refractivity contribution in [3.8, 4) is 11.4 Å². The molecular formula is C21H26N6O2. The van der Waals surface area contributed by atoms with Gasteiger partial charge in [0.05, 0.1) is 43.8 Å². The van der Waals surface area contributed by atoms with E-state index in [9.17, 15) is 0 Å². The Morgan fingerprint density at radius 1 is 1.00 bits per heavy atom. The van der Waals surface area contributed by atoms with Crippen molar-refractivity contribution in [1.82, 2.24) is 25.1 Å². The first kappa shape index (κ1) is 18.5. The normalized spacial score (nSPS) is 18.4. The summed E-state index contributed by atoms with van der Waals surface area (Å²) < 4.78 is 11.1. The van der Waals surface area contributed by atoms with Crippen molar-refractivity contribution in [3.05, 3.63) is 35.7 Å². The van der Waals surface area contributed by atoms with E-state index in [1.54, 1.807) is 0 Å². The third-order valence-corrected chi connectivity index (χ3v) is 5.73. The summed E-state index contributed by atoms with van der Waals surface area (Å²) in [5.74, 6) is 1.77. The molecule has 5 rings (SSSR count). The first-order chi connectivity index (χ1) is 14.3. The molecule has 3 aromatic rings. The molecule has 0 unspecified atom stereocenters. The van der Waals surface area contributed by atoms with Gasteiger partial charge in [-0.2, -0.15) is 5.10 Å². The quantitative estimate of drug-likeness (QED) is 0.725. The fourth-order valence-corrected chi connectivity index (χ4v) is 4.04. The number of nitrogens with zero attached hydrogens (tertiary/aromatic N) is 5. The molecule has 2 aliphatic rings. The van der Waals surface area contributed by atoms with E-state index in [0.717, 1.165) is 98.5 Å². The van der Waals surface area contributed by atoms with Gasteiger partial charge in [0.15, 0.2) is 5.82 Å². The van der Waals surface area contributed by atoms with Crippen molar-refractivity contribution in [2.45, 2.75) is 13.5 Å². The van der Waals surface area contributed by atoms with Crippen LogP contribution in [0, 0.1) is 6.92 Å². The maximum atomic E-state index is 5.56. The summed E-state index contributed by atoms with van der Waals surface area (Å²) in [7, 11) is 0. The van der Waals surface area contributed by atoms with Crippen LogP contribution in [0.5, 0.6) is 0 Å². The van der Waals surface area contributed by atoms with E-state index in [1.807, 2.05) is 18.3 Å². The number of fused-ring (bicyclic) bond motifs is 1. The average Bonchev–Trinajstić information content (AvgIpc) is 3.26. The van der Waals surface area contributed by atoms with Crippen LogP contribution < -0.4 is 4.90 Å². The molecule has 2 saturated heterocycles. The fourth-order valence-electron chi connectivity index (χ4n) is 4.04. The van der Waals surface area contributed by atoms with E-state index in [1.165, 1.54) is 0 Å². The van der Waals surface area contributed by atoms with Crippen LogP contribution >= 0.6 is 0 Å². The van der Waals surface area contributed by atoms with Crippen LogP contribution in [0.15, 0.2) is 24.4 Å². The third kappa shape index (κ3) is 3.71. The number of H-pyrrole nitrogens is 1. The minimum Gasteiger partial charge on any atom is -0.379 e. The lowest BCUT2D eigenvalue weighted by atomic mass is 10.1. The molecule has 8 heteroatoms. The molecule has 0 radical (unpaired) electrons. The van der Waals surface area contributed by atoms with Crippen LogP contribution in [0.25, 0.3) is 22.3 Å². The molecule has 0 spiro atoms. The highest BCUT2D eigenvalue weighted by Gasteiger charge is 2.22. The minimum absolute atomic E-state index is 0.731. The first-order valence-corrected chi connectivity index (χ1v) is 10.2. The van der Waals surface area contributed by atoms with Crippen LogP contribution in [0.4, 0.5) is 5.82 Å². The summed E-state index contributed by atoms with van der Waals surface area (Å²) in [5, 5.41) is 8.29. The number of morpholine rings is 2. The minimum atomic E-state index is 0.731. The Morgan fingerprint density at radius 3 is 2.55 bits per heavy atom. The molecule has 0 atom stereocenters. The highest BCUT2D eigenvalue weighted by atomic mass is 16.5. The number of benzene rings is 1. The molecule has 4 heterocycles. The Bertz CT molecular complexity index is 992. The second-order valence-electron chi connectivity index (χ2n) is 7.57. The maximum absolute atomic E-state index is 5.56. The van der Waals surface area contributed by atoms with Gasteiger partial charge in [0.2, 0.25) is 0 Å². The molecule has 2 aliphatic heterocycles. The van der Waals surface area contributed by atoms with Crippen molar-refractivity contribution >= 4 is 16.7 Å². The van der Waals surface area contributed by atoms with Gasteiger partial charge >= 0.3 is 0 Å². The first-order valence-electron chi connectivity index (χ1n) is 10.2. The average molecular weight is 394 g/mol. The van der Waals surface area contributed by atoms with Crippen molar-refractivity contribution < 1.29 is 9.47 Å². The Labute approximate surface area is 169 Å². The molecule has 8 nitrogen and oxygen atoms in total. The molecule has 1 N–H and O–H groups in total. The van der Waals surface area contributed by atoms with Crippen molar-refractivity contribution in [2.24, 2.45) is 0 Å². The lowest BCUT2D eigenvalue weighted by Gasteiger charge is -2.31. The summed E-state index contributed by atoms with van der Waals surface area (Å²) in [5.41, 5.74) is 4.24. The number of rotatable bonds is 4. The van der Waals surface area contributed by atoms with Gasteiger partial charge in [-0.3, -0.25) is 10.00 Å². The van der Waals surface area contributed by atoms with E-state index in [0.29, 0.717) is 0 Å². The van der Waals surface area contributed by atoms with Gasteiger partial charge in [0.25, 0.3) is 0 Å². The zero-order valence-corrected chi connectivity index (χ0v) is 16.7. The number of aromatic amines is 1. The van der Waals surface area contributed by atoms with Crippen LogP contribution in [-0.4, -0.2) is 77.7 Å². The van der Waals surface area contributed by atoms with E-state index < -0.39 is 0 Å². The smallest absolute Gasteiger partial charge is 0.162 e. The lowest BCUT2D eigenvalue weighted by Crippen LogP contribution is -2.38. The van der Waals surface area contributed by atoms with Gasteiger partial charge in [0.1, 0.15) is 5.82 Å². The third-order valence-electron chi connectivity index (χ3n) is 5.73.